The highest BCUT2D eigenvalue weighted by molar-refractivity contribution is 5.97. The summed E-state index contributed by atoms with van der Waals surface area (Å²) in [5.74, 6) is 1.42. The summed E-state index contributed by atoms with van der Waals surface area (Å²) in [5.41, 5.74) is 6.16. The molecule has 0 bridgehead atoms. The number of ether oxygens (including phenoxy) is 1. The minimum atomic E-state index is -0.499. The number of aryl methyl sites for hydroxylation is 1. The van der Waals surface area contributed by atoms with Gasteiger partial charge in [0.05, 0.1) is 5.56 Å². The summed E-state index contributed by atoms with van der Waals surface area (Å²) < 4.78 is 20.4. The molecule has 1 atom stereocenters. The first kappa shape index (κ1) is 33.1. The molecule has 1 spiro atoms. The third-order valence-corrected chi connectivity index (χ3v) is 8.11. The molecule has 2 saturated heterocycles. The van der Waals surface area contributed by atoms with Crippen LogP contribution in [0.2, 0.25) is 0 Å². The third-order valence-electron chi connectivity index (χ3n) is 8.11. The summed E-state index contributed by atoms with van der Waals surface area (Å²) in [4.78, 5) is 32.9. The van der Waals surface area contributed by atoms with Crippen molar-refractivity contribution in [3.05, 3.63) is 35.4 Å². The lowest BCUT2D eigenvalue weighted by Gasteiger charge is -2.53. The van der Waals surface area contributed by atoms with Crippen LogP contribution in [0.4, 0.5) is 10.2 Å². The number of carbonyl (C=O) groups is 2. The molecule has 232 valence electrons. The van der Waals surface area contributed by atoms with Gasteiger partial charge in [-0.1, -0.05) is 13.8 Å². The molecule has 3 N–H and O–H groups in total. The zero-order chi connectivity index (χ0) is 31.0. The van der Waals surface area contributed by atoms with Crippen LogP contribution in [0.1, 0.15) is 70.1 Å². The number of rotatable bonds is 11. The number of nitrogens with zero attached hydrogens (tertiary/aromatic N) is 6. The summed E-state index contributed by atoms with van der Waals surface area (Å²) in [6.45, 7) is 16.9. The van der Waals surface area contributed by atoms with Crippen molar-refractivity contribution in [2.75, 3.05) is 44.2 Å². The quantitative estimate of drug-likeness (QED) is 0.372. The number of hydrogen-bond acceptors (Lipinski definition) is 9. The fraction of sp³-hybridized carbons (Fsp3) is 0.633. The second-order valence-electron chi connectivity index (χ2n) is 11.8. The van der Waals surface area contributed by atoms with Gasteiger partial charge in [0.15, 0.2) is 11.6 Å². The van der Waals surface area contributed by atoms with Crippen LogP contribution in [-0.4, -0.2) is 93.8 Å². The van der Waals surface area contributed by atoms with Crippen LogP contribution in [0.3, 0.4) is 0 Å². The highest BCUT2D eigenvalue weighted by atomic mass is 19.1. The van der Waals surface area contributed by atoms with Crippen molar-refractivity contribution in [1.29, 1.82) is 0 Å². The predicted octanol–water partition coefficient (Wildman–Crippen LogP) is 3.96. The minimum Gasteiger partial charge on any atom is -0.483 e. The number of carboxylic acid groups (broad SMARTS) is 1. The van der Waals surface area contributed by atoms with E-state index in [1.165, 1.54) is 18.2 Å². The molecule has 4 rings (SSSR count). The smallest absolute Gasteiger partial charge is 0.290 e. The molecule has 12 heteroatoms. The normalized spacial score (nSPS) is 16.7. The standard InChI is InChI=1S/C29H44FN7O2.CH2O2/c1-7-37(20(4)5)28(38)23-15-22(30)10-11-25(23)39-27-26(32-21(6)33-34-27)35-14-12-29(16-35)17-36(18-29)24(19(2)3)9-8-13-31;2-1-3/h10-11,15,19-20,24H,7-9,12-14,16-18,31H2,1-6H3;1H,(H,2,3). The molecule has 42 heavy (non-hydrogen) atoms. The van der Waals surface area contributed by atoms with E-state index in [9.17, 15) is 9.18 Å². The van der Waals surface area contributed by atoms with E-state index < -0.39 is 5.82 Å². The van der Waals surface area contributed by atoms with Crippen LogP contribution in [0.15, 0.2) is 18.2 Å². The molecule has 0 saturated carbocycles. The first-order chi connectivity index (χ1) is 20.0. The van der Waals surface area contributed by atoms with Gasteiger partial charge in [-0.15, -0.1) is 10.2 Å². The van der Waals surface area contributed by atoms with Crippen molar-refractivity contribution in [2.45, 2.75) is 72.9 Å². The van der Waals surface area contributed by atoms with Crippen molar-refractivity contribution >= 4 is 18.2 Å². The Labute approximate surface area is 248 Å². The number of nitrogens with two attached hydrogens (primary N) is 1. The summed E-state index contributed by atoms with van der Waals surface area (Å²) in [6.07, 6.45) is 3.24. The lowest BCUT2D eigenvalue weighted by atomic mass is 9.76. The number of benzene rings is 1. The molecule has 2 aliphatic rings. The van der Waals surface area contributed by atoms with Crippen LogP contribution in [0, 0.1) is 24.1 Å². The van der Waals surface area contributed by atoms with Gasteiger partial charge < -0.3 is 25.4 Å². The lowest BCUT2D eigenvalue weighted by Crippen LogP contribution is -2.62. The predicted molar refractivity (Wildman–Crippen MR) is 159 cm³/mol. The van der Waals surface area contributed by atoms with Crippen LogP contribution in [-0.2, 0) is 4.79 Å². The van der Waals surface area contributed by atoms with E-state index in [2.05, 4.69) is 33.8 Å². The molecule has 3 heterocycles. The number of halogens is 1. The molecular weight excluding hydrogens is 541 g/mol. The molecule has 1 aromatic heterocycles. The minimum absolute atomic E-state index is 0.0385. The molecule has 0 aliphatic carbocycles. The van der Waals surface area contributed by atoms with E-state index in [1.807, 2.05) is 20.8 Å². The monoisotopic (exact) mass is 587 g/mol. The Balaban J connectivity index is 0.00000155. The first-order valence-corrected chi connectivity index (χ1v) is 14.8. The van der Waals surface area contributed by atoms with Gasteiger partial charge in [0, 0.05) is 50.2 Å². The Morgan fingerprint density at radius 2 is 1.93 bits per heavy atom. The van der Waals surface area contributed by atoms with Gasteiger partial charge in [-0.25, -0.2) is 9.37 Å². The molecule has 1 amide bonds. The van der Waals surface area contributed by atoms with E-state index >= 15 is 0 Å². The highest BCUT2D eigenvalue weighted by Gasteiger charge is 2.50. The zero-order valence-corrected chi connectivity index (χ0v) is 25.7. The average Bonchev–Trinajstić information content (AvgIpc) is 3.36. The largest absolute Gasteiger partial charge is 0.483 e. The van der Waals surface area contributed by atoms with Crippen LogP contribution in [0.25, 0.3) is 0 Å². The second kappa shape index (κ2) is 14.7. The number of carbonyl (C=O) groups excluding carboxylic acids is 1. The molecule has 1 unspecified atom stereocenters. The second-order valence-corrected chi connectivity index (χ2v) is 11.8. The Bertz CT molecular complexity index is 1210. The fourth-order valence-corrected chi connectivity index (χ4v) is 6.11. The molecule has 2 aromatic rings. The number of amides is 1. The maximum absolute atomic E-state index is 14.2. The first-order valence-electron chi connectivity index (χ1n) is 14.8. The third kappa shape index (κ3) is 7.71. The summed E-state index contributed by atoms with van der Waals surface area (Å²) >= 11 is 0. The van der Waals surface area contributed by atoms with E-state index in [1.54, 1.807) is 11.8 Å². The van der Waals surface area contributed by atoms with Crippen molar-refractivity contribution in [3.63, 3.8) is 0 Å². The van der Waals surface area contributed by atoms with Crippen molar-refractivity contribution in [3.8, 4) is 11.6 Å². The van der Waals surface area contributed by atoms with Crippen LogP contribution >= 0.6 is 0 Å². The molecular formula is C30H46FN7O4. The molecule has 0 radical (unpaired) electrons. The van der Waals surface area contributed by atoms with Gasteiger partial charge in [0.2, 0.25) is 0 Å². The number of anilines is 1. The SMILES string of the molecule is CCN(C(=O)c1cc(F)ccc1Oc1nnc(C)nc1N1CCC2(C1)CN(C(CCCN)C(C)C)C2)C(C)C.O=CO. The molecule has 2 aliphatic heterocycles. The Morgan fingerprint density at radius 1 is 1.24 bits per heavy atom. The summed E-state index contributed by atoms with van der Waals surface area (Å²) in [5, 5.41) is 15.3. The van der Waals surface area contributed by atoms with Gasteiger partial charge >= 0.3 is 0 Å². The van der Waals surface area contributed by atoms with Gasteiger partial charge in [0.25, 0.3) is 18.3 Å². The maximum atomic E-state index is 14.2. The van der Waals surface area contributed by atoms with E-state index in [0.717, 1.165) is 52.0 Å². The van der Waals surface area contributed by atoms with Crippen LogP contribution in [0.5, 0.6) is 11.6 Å². The topological polar surface area (TPSA) is 138 Å². The summed E-state index contributed by atoms with van der Waals surface area (Å²) in [7, 11) is 0. The Kier molecular flexibility index (Phi) is 11.6. The lowest BCUT2D eigenvalue weighted by molar-refractivity contribution is -0.122. The van der Waals surface area contributed by atoms with Gasteiger partial charge in [0.1, 0.15) is 11.6 Å². The van der Waals surface area contributed by atoms with Crippen molar-refractivity contribution < 1.29 is 23.8 Å². The van der Waals surface area contributed by atoms with E-state index in [-0.39, 0.29) is 41.0 Å². The van der Waals surface area contributed by atoms with Crippen molar-refractivity contribution in [1.82, 2.24) is 25.0 Å². The number of likely N-dealkylation sites (tertiary alicyclic amines) is 1. The van der Waals surface area contributed by atoms with Crippen molar-refractivity contribution in [2.24, 2.45) is 17.1 Å². The molecule has 11 nitrogen and oxygen atoms in total. The maximum Gasteiger partial charge on any atom is 0.290 e. The van der Waals surface area contributed by atoms with E-state index in [0.29, 0.717) is 30.1 Å². The average molecular weight is 588 g/mol. The van der Waals surface area contributed by atoms with E-state index in [4.69, 9.17) is 25.4 Å². The van der Waals surface area contributed by atoms with Crippen LogP contribution < -0.4 is 15.4 Å². The van der Waals surface area contributed by atoms with Gasteiger partial charge in [-0.3, -0.25) is 14.5 Å². The zero-order valence-electron chi connectivity index (χ0n) is 25.7. The fourth-order valence-electron chi connectivity index (χ4n) is 6.11. The van der Waals surface area contributed by atoms with Gasteiger partial charge in [-0.2, -0.15) is 0 Å². The Morgan fingerprint density at radius 3 is 2.52 bits per heavy atom. The highest BCUT2D eigenvalue weighted by Crippen LogP contribution is 2.44. The summed E-state index contributed by atoms with van der Waals surface area (Å²) in [6, 6.07) is 4.50. The Hall–Kier alpha value is -3.38. The molecule has 2 fully saturated rings. The number of aromatic nitrogens is 3. The number of hydrogen-bond donors (Lipinski definition) is 2. The molecule has 1 aromatic carbocycles. The van der Waals surface area contributed by atoms with Gasteiger partial charge in [-0.05, 0) is 77.6 Å².